The number of nitrogens with one attached hydrogen (secondary N) is 2. The Kier molecular flexibility index (Phi) is 5.78. The second-order valence-electron chi connectivity index (χ2n) is 7.87. The molecule has 8 heteroatoms. The molecule has 2 N–H and O–H groups in total. The van der Waals surface area contributed by atoms with Crippen LogP contribution in [-0.2, 0) is 6.54 Å². The van der Waals surface area contributed by atoms with E-state index in [0.29, 0.717) is 23.6 Å². The zero-order chi connectivity index (χ0) is 22.1. The number of benzene rings is 2. The van der Waals surface area contributed by atoms with Crippen molar-refractivity contribution in [3.05, 3.63) is 82.1 Å². The summed E-state index contributed by atoms with van der Waals surface area (Å²) in [5.74, 6) is 0.166. The highest BCUT2D eigenvalue weighted by Gasteiger charge is 2.26. The van der Waals surface area contributed by atoms with E-state index in [1.807, 2.05) is 38.1 Å². The number of nitrogens with zero attached hydrogens (tertiary/aromatic N) is 3. The first-order valence-corrected chi connectivity index (χ1v) is 10.4. The van der Waals surface area contributed by atoms with Crippen molar-refractivity contribution in [2.24, 2.45) is 5.92 Å². The fourth-order valence-corrected chi connectivity index (χ4v) is 3.88. The maximum Gasteiger partial charge on any atom is 0.256 e. The van der Waals surface area contributed by atoms with Crippen molar-refractivity contribution < 1.29 is 9.18 Å². The third kappa shape index (κ3) is 4.32. The molecule has 0 aliphatic carbocycles. The Labute approximate surface area is 184 Å². The van der Waals surface area contributed by atoms with E-state index in [2.05, 4.69) is 20.4 Å². The molecule has 0 saturated carbocycles. The highest BCUT2D eigenvalue weighted by molar-refractivity contribution is 6.33. The molecule has 1 amide bonds. The summed E-state index contributed by atoms with van der Waals surface area (Å²) in [4.78, 5) is 21.1. The summed E-state index contributed by atoms with van der Waals surface area (Å²) < 4.78 is 14.7. The van der Waals surface area contributed by atoms with Gasteiger partial charge in [-0.25, -0.2) is 14.1 Å². The number of imidazole rings is 1. The minimum Gasteiger partial charge on any atom is -0.342 e. The van der Waals surface area contributed by atoms with Crippen LogP contribution in [0.2, 0.25) is 5.15 Å². The number of carbonyl (C=O) groups excluding carboxylic acids is 1. The van der Waals surface area contributed by atoms with Gasteiger partial charge in [0.15, 0.2) is 0 Å². The second-order valence-corrected chi connectivity index (χ2v) is 8.23. The largest absolute Gasteiger partial charge is 0.342 e. The summed E-state index contributed by atoms with van der Waals surface area (Å²) >= 11 is 6.52. The van der Waals surface area contributed by atoms with Gasteiger partial charge in [-0.3, -0.25) is 4.79 Å². The molecule has 31 heavy (non-hydrogen) atoms. The van der Waals surface area contributed by atoms with Gasteiger partial charge in [0.05, 0.1) is 34.9 Å². The van der Waals surface area contributed by atoms with Crippen LogP contribution in [0.5, 0.6) is 0 Å². The summed E-state index contributed by atoms with van der Waals surface area (Å²) in [6.45, 7) is 6.12. The first-order chi connectivity index (χ1) is 14.8. The summed E-state index contributed by atoms with van der Waals surface area (Å²) in [6.07, 6.45) is 0. The molecule has 0 bridgehead atoms. The Morgan fingerprint density at radius 1 is 1.19 bits per heavy atom. The first-order valence-electron chi connectivity index (χ1n) is 10.1. The standard InChI is InChI=1S/C23H23ClFN5O/c1-13(2)20(22-26-17-6-4-5-7-18(17)27-22)28-23(31)19-14(3)29-30(21(19)24)12-15-8-10-16(25)11-9-15/h4-11,13,20H,12H2,1-3H3,(H,26,27)(H,28,31)/t20-/m0/s1. The minimum absolute atomic E-state index is 0.0952. The van der Waals surface area contributed by atoms with Gasteiger partial charge in [-0.15, -0.1) is 0 Å². The molecule has 2 aromatic carbocycles. The molecular formula is C23H23ClFN5O. The van der Waals surface area contributed by atoms with Crippen LogP contribution in [0.15, 0.2) is 48.5 Å². The third-order valence-electron chi connectivity index (χ3n) is 5.19. The average molecular weight is 440 g/mol. The van der Waals surface area contributed by atoms with E-state index in [4.69, 9.17) is 11.6 Å². The Bertz CT molecular complexity index is 1200. The Morgan fingerprint density at radius 2 is 1.90 bits per heavy atom. The van der Waals surface area contributed by atoms with E-state index >= 15 is 0 Å². The van der Waals surface area contributed by atoms with Crippen LogP contribution >= 0.6 is 11.6 Å². The molecule has 0 radical (unpaired) electrons. The molecular weight excluding hydrogens is 417 g/mol. The van der Waals surface area contributed by atoms with E-state index in [-0.39, 0.29) is 28.8 Å². The quantitative estimate of drug-likeness (QED) is 0.442. The second kappa shape index (κ2) is 8.51. The number of fused-ring (bicyclic) bond motifs is 1. The van der Waals surface area contributed by atoms with Crippen molar-refractivity contribution in [3.8, 4) is 0 Å². The van der Waals surface area contributed by atoms with Gasteiger partial charge in [-0.05, 0) is 42.7 Å². The predicted octanol–water partition coefficient (Wildman–Crippen LogP) is 5.04. The van der Waals surface area contributed by atoms with E-state index in [1.165, 1.54) is 12.1 Å². The Hall–Kier alpha value is -3.19. The molecule has 0 aliphatic rings. The fourth-order valence-electron chi connectivity index (χ4n) is 3.56. The fraction of sp³-hybridized carbons (Fsp3) is 0.261. The summed E-state index contributed by atoms with van der Waals surface area (Å²) in [7, 11) is 0. The maximum absolute atomic E-state index is 13.2. The molecule has 2 aromatic heterocycles. The zero-order valence-corrected chi connectivity index (χ0v) is 18.2. The van der Waals surface area contributed by atoms with E-state index in [9.17, 15) is 9.18 Å². The Morgan fingerprint density at radius 3 is 2.58 bits per heavy atom. The van der Waals surface area contributed by atoms with Gasteiger partial charge < -0.3 is 10.3 Å². The van der Waals surface area contributed by atoms with Gasteiger partial charge in [0.2, 0.25) is 0 Å². The van der Waals surface area contributed by atoms with Gasteiger partial charge in [0.25, 0.3) is 5.91 Å². The monoisotopic (exact) mass is 439 g/mol. The molecule has 4 aromatic rings. The molecule has 0 saturated heterocycles. The van der Waals surface area contributed by atoms with E-state index in [1.54, 1.807) is 23.7 Å². The van der Waals surface area contributed by atoms with Crippen LogP contribution in [0.3, 0.4) is 0 Å². The predicted molar refractivity (Wildman–Crippen MR) is 119 cm³/mol. The smallest absolute Gasteiger partial charge is 0.256 e. The molecule has 0 unspecified atom stereocenters. The molecule has 0 spiro atoms. The van der Waals surface area contributed by atoms with Crippen LogP contribution in [0.4, 0.5) is 4.39 Å². The number of aromatic amines is 1. The molecule has 0 aliphatic heterocycles. The number of carbonyl (C=O) groups is 1. The number of H-pyrrole nitrogens is 1. The maximum atomic E-state index is 13.2. The summed E-state index contributed by atoms with van der Waals surface area (Å²) in [5, 5.41) is 7.71. The molecule has 1 atom stereocenters. The highest BCUT2D eigenvalue weighted by Crippen LogP contribution is 2.26. The van der Waals surface area contributed by atoms with Crippen LogP contribution in [0, 0.1) is 18.7 Å². The van der Waals surface area contributed by atoms with Crippen molar-refractivity contribution in [2.75, 3.05) is 0 Å². The molecule has 6 nitrogen and oxygen atoms in total. The Balaban J connectivity index is 1.59. The molecule has 160 valence electrons. The van der Waals surface area contributed by atoms with Crippen LogP contribution in [0.25, 0.3) is 11.0 Å². The van der Waals surface area contributed by atoms with E-state index < -0.39 is 0 Å². The number of aryl methyl sites for hydroxylation is 1. The van der Waals surface area contributed by atoms with Gasteiger partial charge in [-0.2, -0.15) is 5.10 Å². The normalized spacial score (nSPS) is 12.5. The van der Waals surface area contributed by atoms with Gasteiger partial charge in [-0.1, -0.05) is 49.7 Å². The summed E-state index contributed by atoms with van der Waals surface area (Å²) in [5.41, 5.74) is 3.44. The van der Waals surface area contributed by atoms with Crippen molar-refractivity contribution in [3.63, 3.8) is 0 Å². The van der Waals surface area contributed by atoms with E-state index in [0.717, 1.165) is 16.6 Å². The average Bonchev–Trinajstić information content (AvgIpc) is 3.28. The van der Waals surface area contributed by atoms with Crippen LogP contribution < -0.4 is 5.32 Å². The lowest BCUT2D eigenvalue weighted by Crippen LogP contribution is -2.33. The van der Waals surface area contributed by atoms with Crippen LogP contribution in [0.1, 0.15) is 47.3 Å². The first kappa shape index (κ1) is 21.1. The zero-order valence-electron chi connectivity index (χ0n) is 17.5. The van der Waals surface area contributed by atoms with Crippen molar-refractivity contribution in [2.45, 2.75) is 33.4 Å². The topological polar surface area (TPSA) is 75.6 Å². The number of halogens is 2. The number of hydrogen-bond donors (Lipinski definition) is 2. The highest BCUT2D eigenvalue weighted by atomic mass is 35.5. The lowest BCUT2D eigenvalue weighted by atomic mass is 10.0. The number of para-hydroxylation sites is 2. The van der Waals surface area contributed by atoms with Crippen LogP contribution in [-0.4, -0.2) is 25.7 Å². The number of amides is 1. The van der Waals surface area contributed by atoms with Gasteiger partial charge >= 0.3 is 0 Å². The number of rotatable bonds is 6. The number of aromatic nitrogens is 4. The SMILES string of the molecule is Cc1nn(Cc2ccc(F)cc2)c(Cl)c1C(=O)N[C@H](c1nc2ccccc2[nH]1)C(C)C. The van der Waals surface area contributed by atoms with Crippen molar-refractivity contribution in [1.29, 1.82) is 0 Å². The molecule has 4 rings (SSSR count). The lowest BCUT2D eigenvalue weighted by Gasteiger charge is -2.20. The van der Waals surface area contributed by atoms with Gasteiger partial charge in [0, 0.05) is 0 Å². The number of hydrogen-bond acceptors (Lipinski definition) is 3. The van der Waals surface area contributed by atoms with Crippen molar-refractivity contribution >= 4 is 28.5 Å². The lowest BCUT2D eigenvalue weighted by molar-refractivity contribution is 0.0923. The molecule has 2 heterocycles. The minimum atomic E-state index is -0.323. The molecule has 0 fully saturated rings. The van der Waals surface area contributed by atoms with Crippen molar-refractivity contribution in [1.82, 2.24) is 25.1 Å². The summed E-state index contributed by atoms with van der Waals surface area (Å²) in [6, 6.07) is 13.5. The van der Waals surface area contributed by atoms with Gasteiger partial charge in [0.1, 0.15) is 16.8 Å². The third-order valence-corrected chi connectivity index (χ3v) is 5.58.